The third-order valence-corrected chi connectivity index (χ3v) is 4.75. The van der Waals surface area contributed by atoms with Crippen LogP contribution >= 0.6 is 0 Å². The van der Waals surface area contributed by atoms with E-state index in [2.05, 4.69) is 9.50 Å². The number of hydrazone groups is 1. The van der Waals surface area contributed by atoms with E-state index in [-0.39, 0.29) is 16.4 Å². The zero-order valence-electron chi connectivity index (χ0n) is 12.5. The van der Waals surface area contributed by atoms with Gasteiger partial charge in [-0.15, -0.1) is 4.40 Å². The first-order chi connectivity index (χ1) is 11.4. The summed E-state index contributed by atoms with van der Waals surface area (Å²) in [6.07, 6.45) is 1.30. The molecule has 0 saturated carbocycles. The number of hydrogen-bond donors (Lipinski definition) is 0. The average molecular weight is 344 g/mol. The molecule has 2 aromatic carbocycles. The summed E-state index contributed by atoms with van der Waals surface area (Å²) in [5, 5.41) is 16.4. The van der Waals surface area contributed by atoms with Crippen LogP contribution in [0.25, 0.3) is 0 Å². The van der Waals surface area contributed by atoms with E-state index in [9.17, 15) is 18.5 Å². The topological polar surface area (TPSA) is 105 Å². The highest BCUT2D eigenvalue weighted by Gasteiger charge is 2.30. The Morgan fingerprint density at radius 2 is 1.83 bits per heavy atom. The van der Waals surface area contributed by atoms with E-state index in [1.54, 1.807) is 36.4 Å². The molecule has 1 heterocycles. The van der Waals surface area contributed by atoms with Crippen molar-refractivity contribution in [3.63, 3.8) is 0 Å². The smallest absolute Gasteiger partial charge is 0.258 e. The third kappa shape index (κ3) is 2.76. The van der Waals surface area contributed by atoms with Gasteiger partial charge in [0.05, 0.1) is 16.7 Å². The van der Waals surface area contributed by atoms with Crippen molar-refractivity contribution in [1.29, 1.82) is 0 Å². The SMILES string of the molecule is CN(/N=C/c1ccccc1[N+](=O)[O-])C1=NS(=O)(=O)c2ccccc21. The van der Waals surface area contributed by atoms with Crippen molar-refractivity contribution >= 4 is 27.8 Å². The minimum absolute atomic E-state index is 0.0870. The summed E-state index contributed by atoms with van der Waals surface area (Å²) in [4.78, 5) is 10.6. The second kappa shape index (κ2) is 5.85. The molecule has 1 aliphatic rings. The Kier molecular flexibility index (Phi) is 3.86. The van der Waals surface area contributed by atoms with Crippen molar-refractivity contribution in [2.45, 2.75) is 4.90 Å². The fourth-order valence-electron chi connectivity index (χ4n) is 2.29. The quantitative estimate of drug-likeness (QED) is 0.481. The molecule has 0 spiro atoms. The van der Waals surface area contributed by atoms with Crippen LogP contribution in [0.2, 0.25) is 0 Å². The van der Waals surface area contributed by atoms with Gasteiger partial charge in [0, 0.05) is 18.7 Å². The summed E-state index contributed by atoms with van der Waals surface area (Å²) in [5.41, 5.74) is 0.667. The van der Waals surface area contributed by atoms with Gasteiger partial charge in [0.15, 0.2) is 5.84 Å². The first kappa shape index (κ1) is 15.8. The molecular formula is C15H12N4O4S. The Labute approximate surface area is 138 Å². The molecule has 0 unspecified atom stereocenters. The summed E-state index contributed by atoms with van der Waals surface area (Å²) in [5.74, 6) is 0.167. The van der Waals surface area contributed by atoms with Crippen LogP contribution in [0.15, 0.2) is 62.9 Å². The van der Waals surface area contributed by atoms with E-state index < -0.39 is 14.9 Å². The highest BCUT2D eigenvalue weighted by molar-refractivity contribution is 7.90. The lowest BCUT2D eigenvalue weighted by atomic mass is 10.2. The van der Waals surface area contributed by atoms with Gasteiger partial charge >= 0.3 is 0 Å². The number of para-hydroxylation sites is 1. The largest absolute Gasteiger partial charge is 0.285 e. The standard InChI is InChI=1S/C15H12N4O4S/c1-18(16-10-11-6-2-4-8-13(11)19(20)21)15-12-7-3-5-9-14(12)24(22,23)17-15/h2-10H,1H3/b16-10+. The average Bonchev–Trinajstić information content (AvgIpc) is 2.85. The zero-order chi connectivity index (χ0) is 17.3. The fourth-order valence-corrected chi connectivity index (χ4v) is 3.52. The lowest BCUT2D eigenvalue weighted by molar-refractivity contribution is -0.385. The van der Waals surface area contributed by atoms with Crippen molar-refractivity contribution < 1.29 is 13.3 Å². The van der Waals surface area contributed by atoms with Gasteiger partial charge in [-0.05, 0) is 18.2 Å². The van der Waals surface area contributed by atoms with Crippen molar-refractivity contribution in [2.75, 3.05) is 7.05 Å². The van der Waals surface area contributed by atoms with Crippen LogP contribution in [0.3, 0.4) is 0 Å². The summed E-state index contributed by atoms with van der Waals surface area (Å²) in [6.45, 7) is 0. The Morgan fingerprint density at radius 1 is 1.17 bits per heavy atom. The van der Waals surface area contributed by atoms with Gasteiger partial charge in [-0.25, -0.2) is 5.01 Å². The summed E-state index contributed by atoms with van der Waals surface area (Å²) in [6, 6.07) is 12.6. The summed E-state index contributed by atoms with van der Waals surface area (Å²) in [7, 11) is -2.21. The maximum Gasteiger partial charge on any atom is 0.285 e. The molecule has 0 N–H and O–H groups in total. The first-order valence-electron chi connectivity index (χ1n) is 6.85. The van der Waals surface area contributed by atoms with E-state index in [4.69, 9.17) is 0 Å². The molecule has 0 bridgehead atoms. The fraction of sp³-hybridized carbons (Fsp3) is 0.0667. The van der Waals surface area contributed by atoms with E-state index in [0.29, 0.717) is 11.1 Å². The number of rotatable bonds is 3. The van der Waals surface area contributed by atoms with Crippen molar-refractivity contribution in [2.24, 2.45) is 9.50 Å². The molecule has 2 aromatic rings. The third-order valence-electron chi connectivity index (χ3n) is 3.42. The van der Waals surface area contributed by atoms with Gasteiger partial charge in [0.25, 0.3) is 15.7 Å². The molecule has 0 amide bonds. The number of hydrogen-bond acceptors (Lipinski definition) is 6. The Balaban J connectivity index is 1.95. The number of nitro benzene ring substituents is 1. The Morgan fingerprint density at radius 3 is 2.58 bits per heavy atom. The number of amidine groups is 1. The van der Waals surface area contributed by atoms with Gasteiger partial charge < -0.3 is 0 Å². The van der Waals surface area contributed by atoms with Crippen LogP contribution in [0.5, 0.6) is 0 Å². The number of nitrogens with zero attached hydrogens (tertiary/aromatic N) is 4. The second-order valence-electron chi connectivity index (χ2n) is 4.97. The van der Waals surface area contributed by atoms with Crippen LogP contribution in [-0.2, 0) is 10.0 Å². The molecule has 0 fully saturated rings. The van der Waals surface area contributed by atoms with Crippen molar-refractivity contribution in [1.82, 2.24) is 5.01 Å². The molecule has 24 heavy (non-hydrogen) atoms. The monoisotopic (exact) mass is 344 g/mol. The van der Waals surface area contributed by atoms with Crippen LogP contribution in [0.4, 0.5) is 5.69 Å². The number of fused-ring (bicyclic) bond motifs is 1. The molecule has 0 aliphatic carbocycles. The molecule has 0 saturated heterocycles. The van der Waals surface area contributed by atoms with Crippen LogP contribution in [-0.4, -0.2) is 37.4 Å². The normalized spacial score (nSPS) is 15.1. The van der Waals surface area contributed by atoms with E-state index in [1.807, 2.05) is 0 Å². The number of nitro groups is 1. The van der Waals surface area contributed by atoms with E-state index >= 15 is 0 Å². The summed E-state index contributed by atoms with van der Waals surface area (Å²) >= 11 is 0. The van der Waals surface area contributed by atoms with Gasteiger partial charge in [-0.3, -0.25) is 10.1 Å². The molecule has 8 nitrogen and oxygen atoms in total. The highest BCUT2D eigenvalue weighted by atomic mass is 32.2. The zero-order valence-corrected chi connectivity index (χ0v) is 13.3. The predicted molar refractivity (Wildman–Crippen MR) is 88.6 cm³/mol. The molecule has 0 atom stereocenters. The first-order valence-corrected chi connectivity index (χ1v) is 8.29. The number of sulfonamides is 1. The van der Waals surface area contributed by atoms with Crippen LogP contribution < -0.4 is 0 Å². The molecule has 0 radical (unpaired) electrons. The Hall–Kier alpha value is -3.07. The predicted octanol–water partition coefficient (Wildman–Crippen LogP) is 2.01. The van der Waals surface area contributed by atoms with Crippen molar-refractivity contribution in [3.05, 3.63) is 69.8 Å². The van der Waals surface area contributed by atoms with Crippen LogP contribution in [0.1, 0.15) is 11.1 Å². The minimum Gasteiger partial charge on any atom is -0.258 e. The number of benzene rings is 2. The van der Waals surface area contributed by atoms with Gasteiger partial charge in [-0.1, -0.05) is 24.3 Å². The molecule has 1 aliphatic heterocycles. The maximum absolute atomic E-state index is 12.0. The lowest BCUT2D eigenvalue weighted by Crippen LogP contribution is -2.21. The van der Waals surface area contributed by atoms with Gasteiger partial charge in [0.1, 0.15) is 4.90 Å². The minimum atomic E-state index is -3.74. The molecule has 3 rings (SSSR count). The molecule has 122 valence electrons. The highest BCUT2D eigenvalue weighted by Crippen LogP contribution is 2.27. The molecule has 9 heteroatoms. The summed E-state index contributed by atoms with van der Waals surface area (Å²) < 4.78 is 27.8. The van der Waals surface area contributed by atoms with E-state index in [0.717, 1.165) is 0 Å². The van der Waals surface area contributed by atoms with Gasteiger partial charge in [0.2, 0.25) is 0 Å². The second-order valence-corrected chi connectivity index (χ2v) is 6.54. The lowest BCUT2D eigenvalue weighted by Gasteiger charge is -2.12. The molecular weight excluding hydrogens is 332 g/mol. The maximum atomic E-state index is 12.0. The molecule has 0 aromatic heterocycles. The van der Waals surface area contributed by atoms with Crippen LogP contribution in [0, 0.1) is 10.1 Å². The van der Waals surface area contributed by atoms with E-state index in [1.165, 1.54) is 30.4 Å². The Bertz CT molecular complexity index is 982. The van der Waals surface area contributed by atoms with Gasteiger partial charge in [-0.2, -0.15) is 13.5 Å². The van der Waals surface area contributed by atoms with Crippen molar-refractivity contribution in [3.8, 4) is 0 Å².